The van der Waals surface area contributed by atoms with E-state index in [-0.39, 0.29) is 17.4 Å². The number of aromatic nitrogens is 2. The Kier molecular flexibility index (Phi) is 4.28. The Labute approximate surface area is 111 Å². The van der Waals surface area contributed by atoms with Gasteiger partial charge in [-0.2, -0.15) is 0 Å². The van der Waals surface area contributed by atoms with Gasteiger partial charge in [-0.05, 0) is 12.0 Å². The van der Waals surface area contributed by atoms with Crippen molar-refractivity contribution in [3.05, 3.63) is 46.4 Å². The summed E-state index contributed by atoms with van der Waals surface area (Å²) in [5.41, 5.74) is 0.608. The van der Waals surface area contributed by atoms with Crippen LogP contribution in [0.3, 0.4) is 0 Å². The van der Waals surface area contributed by atoms with Gasteiger partial charge in [0, 0.05) is 0 Å². The summed E-state index contributed by atoms with van der Waals surface area (Å²) in [5.74, 6) is -0.000614. The highest BCUT2D eigenvalue weighted by atomic mass is 16.5. The number of nitrogens with zero attached hydrogens (tertiary/aromatic N) is 1. The van der Waals surface area contributed by atoms with Crippen molar-refractivity contribution in [2.75, 3.05) is 6.61 Å². The van der Waals surface area contributed by atoms with Crippen molar-refractivity contribution in [3.63, 3.8) is 0 Å². The molecule has 2 rings (SSSR count). The first kappa shape index (κ1) is 13.3. The van der Waals surface area contributed by atoms with E-state index in [2.05, 4.69) is 11.9 Å². The molecule has 0 atom stereocenters. The molecular weight excluding hydrogens is 244 g/mol. The monoisotopic (exact) mass is 262 g/mol. The molecule has 0 saturated carbocycles. The average Bonchev–Trinajstić information content (AvgIpc) is 2.67. The van der Waals surface area contributed by atoms with Crippen LogP contribution in [0.1, 0.15) is 25.3 Å². The molecule has 0 amide bonds. The van der Waals surface area contributed by atoms with Crippen molar-refractivity contribution in [1.82, 2.24) is 9.55 Å². The topological polar surface area (TPSA) is 67.2 Å². The second-order valence-electron chi connectivity index (χ2n) is 4.36. The number of H-pyrrole nitrogens is 1. The standard InChI is InChI=1S/C14H18N2O3/c1-2-3-9-19-13-12(17)15-14(18)16(13)10-11-7-5-4-6-8-11/h4-8,17H,2-3,9-10H2,1H3,(H,15,18). The number of unbranched alkanes of at least 4 members (excludes halogenated alkanes) is 1. The van der Waals surface area contributed by atoms with E-state index in [1.54, 1.807) is 0 Å². The van der Waals surface area contributed by atoms with Gasteiger partial charge in [-0.3, -0.25) is 9.55 Å². The molecule has 0 unspecified atom stereocenters. The van der Waals surface area contributed by atoms with Crippen molar-refractivity contribution in [2.24, 2.45) is 0 Å². The molecule has 0 aliphatic rings. The molecule has 0 bridgehead atoms. The highest BCUT2D eigenvalue weighted by Gasteiger charge is 2.14. The van der Waals surface area contributed by atoms with E-state index in [0.717, 1.165) is 18.4 Å². The Morgan fingerprint density at radius 3 is 2.74 bits per heavy atom. The van der Waals surface area contributed by atoms with Crippen LogP contribution in [0.15, 0.2) is 35.1 Å². The molecular formula is C14H18N2O3. The third-order valence-electron chi connectivity index (χ3n) is 2.84. The smallest absolute Gasteiger partial charge is 0.331 e. The van der Waals surface area contributed by atoms with Gasteiger partial charge in [0.1, 0.15) is 0 Å². The minimum atomic E-state index is -0.368. The maximum Gasteiger partial charge on any atom is 0.331 e. The highest BCUT2D eigenvalue weighted by molar-refractivity contribution is 5.27. The van der Waals surface area contributed by atoms with Gasteiger partial charge >= 0.3 is 5.69 Å². The van der Waals surface area contributed by atoms with Gasteiger partial charge in [0.05, 0.1) is 13.2 Å². The first-order valence-corrected chi connectivity index (χ1v) is 6.41. The van der Waals surface area contributed by atoms with Crippen LogP contribution >= 0.6 is 0 Å². The molecule has 0 aliphatic carbocycles. The first-order chi connectivity index (χ1) is 9.22. The average molecular weight is 262 g/mol. The number of benzene rings is 1. The summed E-state index contributed by atoms with van der Waals surface area (Å²) >= 11 is 0. The summed E-state index contributed by atoms with van der Waals surface area (Å²) in [6.07, 6.45) is 1.87. The van der Waals surface area contributed by atoms with Crippen LogP contribution in [0.2, 0.25) is 0 Å². The van der Waals surface area contributed by atoms with Crippen LogP contribution in [0, 0.1) is 0 Å². The number of rotatable bonds is 6. The lowest BCUT2D eigenvalue weighted by molar-refractivity contribution is 0.269. The van der Waals surface area contributed by atoms with Crippen molar-refractivity contribution < 1.29 is 9.84 Å². The fourth-order valence-electron chi connectivity index (χ4n) is 1.81. The molecule has 0 spiro atoms. The van der Waals surface area contributed by atoms with Crippen LogP contribution < -0.4 is 10.4 Å². The predicted octanol–water partition coefficient (Wildman–Crippen LogP) is 2.11. The summed E-state index contributed by atoms with van der Waals surface area (Å²) in [6.45, 7) is 2.91. The molecule has 1 aromatic carbocycles. The van der Waals surface area contributed by atoms with Crippen LogP contribution in [-0.2, 0) is 6.54 Å². The van der Waals surface area contributed by atoms with E-state index >= 15 is 0 Å². The largest absolute Gasteiger partial charge is 0.491 e. The fourth-order valence-corrected chi connectivity index (χ4v) is 1.81. The lowest BCUT2D eigenvalue weighted by Gasteiger charge is -2.09. The third kappa shape index (κ3) is 3.19. The van der Waals surface area contributed by atoms with E-state index in [1.165, 1.54) is 4.57 Å². The lowest BCUT2D eigenvalue weighted by atomic mass is 10.2. The zero-order valence-corrected chi connectivity index (χ0v) is 10.9. The number of aromatic amines is 1. The minimum absolute atomic E-state index is 0.210. The fraction of sp³-hybridized carbons (Fsp3) is 0.357. The Hall–Kier alpha value is -2.17. The molecule has 0 radical (unpaired) electrons. The molecule has 0 aliphatic heterocycles. The summed E-state index contributed by atoms with van der Waals surface area (Å²) in [6, 6.07) is 9.58. The van der Waals surface area contributed by atoms with E-state index in [4.69, 9.17) is 4.74 Å². The quantitative estimate of drug-likeness (QED) is 0.783. The summed E-state index contributed by atoms with van der Waals surface area (Å²) in [7, 11) is 0. The Bertz CT molecular complexity index is 572. The number of ether oxygens (including phenoxy) is 1. The second-order valence-corrected chi connectivity index (χ2v) is 4.36. The van der Waals surface area contributed by atoms with Crippen LogP contribution in [0.4, 0.5) is 0 Å². The van der Waals surface area contributed by atoms with E-state index in [9.17, 15) is 9.90 Å². The van der Waals surface area contributed by atoms with Gasteiger partial charge in [-0.1, -0.05) is 43.7 Å². The maximum atomic E-state index is 11.8. The number of nitrogens with one attached hydrogen (secondary N) is 1. The molecule has 2 aromatic rings. The molecule has 19 heavy (non-hydrogen) atoms. The van der Waals surface area contributed by atoms with Crippen molar-refractivity contribution >= 4 is 0 Å². The minimum Gasteiger partial charge on any atom is -0.491 e. The molecule has 0 fully saturated rings. The number of hydrogen-bond acceptors (Lipinski definition) is 3. The molecule has 0 saturated heterocycles. The summed E-state index contributed by atoms with van der Waals surface area (Å²) in [5, 5.41) is 9.69. The van der Waals surface area contributed by atoms with Gasteiger partial charge in [0.2, 0.25) is 0 Å². The SMILES string of the molecule is CCCCOc1c(O)[nH]c(=O)n1Cc1ccccc1. The Balaban J connectivity index is 2.21. The molecule has 1 heterocycles. The van der Waals surface area contributed by atoms with Gasteiger partial charge in [0.15, 0.2) is 0 Å². The first-order valence-electron chi connectivity index (χ1n) is 6.41. The molecule has 102 valence electrons. The van der Waals surface area contributed by atoms with Gasteiger partial charge in [-0.15, -0.1) is 0 Å². The highest BCUT2D eigenvalue weighted by Crippen LogP contribution is 2.22. The number of imidazole rings is 1. The van der Waals surface area contributed by atoms with E-state index < -0.39 is 0 Å². The zero-order chi connectivity index (χ0) is 13.7. The molecule has 1 aromatic heterocycles. The van der Waals surface area contributed by atoms with Crippen LogP contribution in [0.5, 0.6) is 11.8 Å². The molecule has 5 heteroatoms. The van der Waals surface area contributed by atoms with Crippen LogP contribution in [0.25, 0.3) is 0 Å². The normalized spacial score (nSPS) is 10.6. The van der Waals surface area contributed by atoms with Gasteiger partial charge in [-0.25, -0.2) is 4.79 Å². The zero-order valence-electron chi connectivity index (χ0n) is 10.9. The Morgan fingerprint density at radius 1 is 1.32 bits per heavy atom. The third-order valence-corrected chi connectivity index (χ3v) is 2.84. The lowest BCUT2D eigenvalue weighted by Crippen LogP contribution is -2.19. The summed E-state index contributed by atoms with van der Waals surface area (Å²) < 4.78 is 6.89. The molecule has 5 nitrogen and oxygen atoms in total. The maximum absolute atomic E-state index is 11.8. The van der Waals surface area contributed by atoms with E-state index in [1.807, 2.05) is 30.3 Å². The Morgan fingerprint density at radius 2 is 2.05 bits per heavy atom. The number of aromatic hydroxyl groups is 1. The second kappa shape index (κ2) is 6.13. The predicted molar refractivity (Wildman–Crippen MR) is 72.7 cm³/mol. The molecule has 2 N–H and O–H groups in total. The van der Waals surface area contributed by atoms with E-state index in [0.29, 0.717) is 13.2 Å². The number of hydrogen-bond donors (Lipinski definition) is 2. The summed E-state index contributed by atoms with van der Waals surface area (Å²) in [4.78, 5) is 14.1. The van der Waals surface area contributed by atoms with Gasteiger partial charge in [0.25, 0.3) is 11.8 Å². The van der Waals surface area contributed by atoms with Crippen LogP contribution in [-0.4, -0.2) is 21.3 Å². The van der Waals surface area contributed by atoms with Crippen molar-refractivity contribution in [3.8, 4) is 11.8 Å². The van der Waals surface area contributed by atoms with Crippen molar-refractivity contribution in [2.45, 2.75) is 26.3 Å². The van der Waals surface area contributed by atoms with Crippen molar-refractivity contribution in [1.29, 1.82) is 0 Å². The van der Waals surface area contributed by atoms with Gasteiger partial charge < -0.3 is 9.84 Å².